The van der Waals surface area contributed by atoms with Crippen LogP contribution in [0.4, 0.5) is 15.8 Å². The quantitative estimate of drug-likeness (QED) is 0.434. The molecule has 2 N–H and O–H groups in total. The van der Waals surface area contributed by atoms with Gasteiger partial charge >= 0.3 is 0 Å². The number of aromatic nitrogens is 1. The van der Waals surface area contributed by atoms with Crippen molar-refractivity contribution in [3.05, 3.63) is 78.6 Å². The van der Waals surface area contributed by atoms with Gasteiger partial charge in [-0.2, -0.15) is 0 Å². The van der Waals surface area contributed by atoms with E-state index in [9.17, 15) is 4.39 Å². The molecule has 0 saturated carbocycles. The normalized spacial score (nSPS) is 10.7. The maximum absolute atomic E-state index is 13.0. The first kappa shape index (κ1) is 16.6. The Morgan fingerprint density at radius 3 is 2.46 bits per heavy atom. The molecule has 6 heteroatoms. The van der Waals surface area contributed by atoms with E-state index in [0.717, 1.165) is 32.2 Å². The Kier molecular flexibility index (Phi) is 4.60. The highest BCUT2D eigenvalue weighted by Crippen LogP contribution is 2.31. The summed E-state index contributed by atoms with van der Waals surface area (Å²) < 4.78 is 14.1. The van der Waals surface area contributed by atoms with Crippen LogP contribution in [0, 0.1) is 5.82 Å². The van der Waals surface area contributed by atoms with Crippen molar-refractivity contribution in [2.45, 2.75) is 0 Å². The van der Waals surface area contributed by atoms with Gasteiger partial charge in [0.05, 0.1) is 10.2 Å². The van der Waals surface area contributed by atoms with E-state index in [1.54, 1.807) is 23.5 Å². The lowest BCUT2D eigenvalue weighted by Crippen LogP contribution is -2.18. The Balaban J connectivity index is 1.51. The molecule has 0 bridgehead atoms. The predicted octanol–water partition coefficient (Wildman–Crippen LogP) is 5.91. The highest BCUT2D eigenvalue weighted by Gasteiger charge is 2.07. The molecular weight excluding hydrogens is 365 g/mol. The van der Waals surface area contributed by atoms with E-state index in [2.05, 4.69) is 21.7 Å². The van der Waals surface area contributed by atoms with Gasteiger partial charge in [0, 0.05) is 16.9 Å². The topological polar surface area (TPSA) is 37.0 Å². The van der Waals surface area contributed by atoms with Crippen molar-refractivity contribution in [3.63, 3.8) is 0 Å². The average Bonchev–Trinajstić information content (AvgIpc) is 3.08. The molecule has 26 heavy (non-hydrogen) atoms. The van der Waals surface area contributed by atoms with Crippen LogP contribution in [0.5, 0.6) is 0 Å². The summed E-state index contributed by atoms with van der Waals surface area (Å²) in [6, 6.07) is 22.1. The van der Waals surface area contributed by atoms with E-state index in [-0.39, 0.29) is 5.82 Å². The molecule has 1 heterocycles. The molecule has 0 radical (unpaired) electrons. The second-order valence-electron chi connectivity index (χ2n) is 5.65. The Bertz CT molecular complexity index is 1040. The van der Waals surface area contributed by atoms with Crippen molar-refractivity contribution in [2.75, 3.05) is 10.6 Å². The van der Waals surface area contributed by atoms with E-state index in [1.807, 2.05) is 42.5 Å². The average molecular weight is 379 g/mol. The molecule has 0 unspecified atom stereocenters. The van der Waals surface area contributed by atoms with Crippen molar-refractivity contribution < 1.29 is 4.39 Å². The Morgan fingerprint density at radius 2 is 1.65 bits per heavy atom. The second kappa shape index (κ2) is 7.19. The number of benzene rings is 3. The number of nitrogens with one attached hydrogen (secondary N) is 2. The summed E-state index contributed by atoms with van der Waals surface area (Å²) in [4.78, 5) is 4.69. The lowest BCUT2D eigenvalue weighted by Gasteiger charge is -2.11. The van der Waals surface area contributed by atoms with E-state index in [1.165, 1.54) is 12.1 Å². The summed E-state index contributed by atoms with van der Waals surface area (Å²) in [7, 11) is 0. The van der Waals surface area contributed by atoms with Gasteiger partial charge in [0.2, 0.25) is 0 Å². The number of hydrogen-bond acceptors (Lipinski definition) is 3. The maximum atomic E-state index is 13.0. The fraction of sp³-hybridized carbons (Fsp3) is 0. The summed E-state index contributed by atoms with van der Waals surface area (Å²) >= 11 is 6.99. The van der Waals surface area contributed by atoms with Crippen LogP contribution in [0.15, 0.2) is 72.8 Å². The number of thiazole rings is 1. The van der Waals surface area contributed by atoms with E-state index >= 15 is 0 Å². The van der Waals surface area contributed by atoms with Gasteiger partial charge in [-0.05, 0) is 60.7 Å². The summed E-state index contributed by atoms with van der Waals surface area (Å²) in [5, 5.41) is 7.60. The summed E-state index contributed by atoms with van der Waals surface area (Å²) in [6.45, 7) is 0. The fourth-order valence-corrected chi connectivity index (χ4v) is 3.75. The SMILES string of the molecule is Fc1ccc(NC(=S)Nc2cccc(-c3nc4ccccc4s3)c2)cc1. The molecule has 1 aromatic heterocycles. The van der Waals surface area contributed by atoms with Crippen LogP contribution >= 0.6 is 23.6 Å². The Hall–Kier alpha value is -2.83. The largest absolute Gasteiger partial charge is 0.332 e. The Labute approximate surface area is 159 Å². The highest BCUT2D eigenvalue weighted by molar-refractivity contribution is 7.80. The van der Waals surface area contributed by atoms with Gasteiger partial charge in [-0.15, -0.1) is 11.3 Å². The van der Waals surface area contributed by atoms with E-state index in [4.69, 9.17) is 12.2 Å². The van der Waals surface area contributed by atoms with Crippen LogP contribution in [-0.4, -0.2) is 10.1 Å². The van der Waals surface area contributed by atoms with Crippen molar-refractivity contribution in [1.29, 1.82) is 0 Å². The fourth-order valence-electron chi connectivity index (χ4n) is 2.55. The number of thiocarbonyl (C=S) groups is 1. The molecule has 0 atom stereocenters. The first-order chi connectivity index (χ1) is 12.7. The van der Waals surface area contributed by atoms with Crippen LogP contribution in [0.2, 0.25) is 0 Å². The molecule has 3 aromatic carbocycles. The monoisotopic (exact) mass is 379 g/mol. The minimum Gasteiger partial charge on any atom is -0.332 e. The molecule has 0 saturated heterocycles. The van der Waals surface area contributed by atoms with Crippen LogP contribution in [0.3, 0.4) is 0 Å². The zero-order valence-electron chi connectivity index (χ0n) is 13.6. The van der Waals surface area contributed by atoms with Gasteiger partial charge in [0.15, 0.2) is 5.11 Å². The maximum Gasteiger partial charge on any atom is 0.175 e. The van der Waals surface area contributed by atoms with Gasteiger partial charge in [0.25, 0.3) is 0 Å². The standard InChI is InChI=1S/C20H14FN3S2/c21-14-8-10-15(11-9-14)22-20(25)23-16-5-3-4-13(12-16)19-24-17-6-1-2-7-18(17)26-19/h1-12H,(H2,22,23,25). The van der Waals surface area contributed by atoms with Crippen LogP contribution in [0.25, 0.3) is 20.8 Å². The van der Waals surface area contributed by atoms with E-state index < -0.39 is 0 Å². The van der Waals surface area contributed by atoms with Crippen molar-refractivity contribution in [3.8, 4) is 10.6 Å². The zero-order chi connectivity index (χ0) is 17.9. The predicted molar refractivity (Wildman–Crippen MR) is 111 cm³/mol. The molecule has 0 aliphatic rings. The third-order valence-electron chi connectivity index (χ3n) is 3.76. The van der Waals surface area contributed by atoms with Crippen molar-refractivity contribution in [2.24, 2.45) is 0 Å². The molecule has 3 nitrogen and oxygen atoms in total. The zero-order valence-corrected chi connectivity index (χ0v) is 15.2. The second-order valence-corrected chi connectivity index (χ2v) is 7.09. The Morgan fingerprint density at radius 1 is 0.885 bits per heavy atom. The van der Waals surface area contributed by atoms with Crippen LogP contribution in [-0.2, 0) is 0 Å². The molecule has 4 rings (SSSR count). The summed E-state index contributed by atoms with van der Waals surface area (Å²) in [5.74, 6) is -0.280. The number of rotatable bonds is 3. The molecule has 0 spiro atoms. The van der Waals surface area contributed by atoms with Crippen molar-refractivity contribution >= 4 is 50.3 Å². The van der Waals surface area contributed by atoms with Gasteiger partial charge in [0.1, 0.15) is 10.8 Å². The number of fused-ring (bicyclic) bond motifs is 1. The number of nitrogens with zero attached hydrogens (tertiary/aromatic N) is 1. The number of hydrogen-bond donors (Lipinski definition) is 2. The summed E-state index contributed by atoms with van der Waals surface area (Å²) in [6.07, 6.45) is 0. The number of halogens is 1. The smallest absolute Gasteiger partial charge is 0.175 e. The molecule has 0 aliphatic carbocycles. The molecule has 128 valence electrons. The lowest BCUT2D eigenvalue weighted by atomic mass is 10.2. The van der Waals surface area contributed by atoms with Crippen LogP contribution in [0.1, 0.15) is 0 Å². The molecular formula is C20H14FN3S2. The van der Waals surface area contributed by atoms with Gasteiger partial charge in [-0.25, -0.2) is 9.37 Å². The lowest BCUT2D eigenvalue weighted by molar-refractivity contribution is 0.628. The highest BCUT2D eigenvalue weighted by atomic mass is 32.1. The third kappa shape index (κ3) is 3.71. The van der Waals surface area contributed by atoms with E-state index in [0.29, 0.717) is 5.11 Å². The van der Waals surface area contributed by atoms with Gasteiger partial charge in [-0.1, -0.05) is 24.3 Å². The number of anilines is 2. The van der Waals surface area contributed by atoms with Gasteiger partial charge < -0.3 is 10.6 Å². The third-order valence-corrected chi connectivity index (χ3v) is 5.05. The molecule has 0 aliphatic heterocycles. The van der Waals surface area contributed by atoms with Crippen LogP contribution < -0.4 is 10.6 Å². The minimum absolute atomic E-state index is 0.280. The molecule has 0 fully saturated rings. The van der Waals surface area contributed by atoms with Crippen molar-refractivity contribution in [1.82, 2.24) is 4.98 Å². The first-order valence-electron chi connectivity index (χ1n) is 7.97. The van der Waals surface area contributed by atoms with Gasteiger partial charge in [-0.3, -0.25) is 0 Å². The first-order valence-corrected chi connectivity index (χ1v) is 9.19. The minimum atomic E-state index is -0.280. The molecule has 0 amide bonds. The summed E-state index contributed by atoms with van der Waals surface area (Å²) in [5.41, 5.74) is 3.62. The number of para-hydroxylation sites is 1. The molecule has 4 aromatic rings.